The Morgan fingerprint density at radius 3 is 2.13 bits per heavy atom. The van der Waals surface area contributed by atoms with E-state index in [9.17, 15) is 14.7 Å². The Kier molecular flexibility index (Phi) is 7.06. The van der Waals surface area contributed by atoms with Gasteiger partial charge in [0.25, 0.3) is 0 Å². The molecule has 8 nitrogen and oxygen atoms in total. The molecule has 0 radical (unpaired) electrons. The van der Waals surface area contributed by atoms with Gasteiger partial charge in [-0.3, -0.25) is 0 Å². The van der Waals surface area contributed by atoms with E-state index < -0.39 is 6.10 Å². The average Bonchev–Trinajstić information content (AvgIpc) is 3.56. The molecule has 0 bridgehead atoms. The SMILES string of the molecule is CC(C)C(OC(=O)N1CCC1)C1C[C@@H](C)[C@H]2C(O1)[C@H](O)[C@@]1(C)C3CC[C@H]4C(C)(C)C(OC(=O)N5CCC5)CCC45CC35CCC21C. The van der Waals surface area contributed by atoms with E-state index in [0.717, 1.165) is 77.5 Å². The summed E-state index contributed by atoms with van der Waals surface area (Å²) in [5.74, 6) is 1.81. The number of hydrogen-bond acceptors (Lipinski definition) is 6. The maximum atomic E-state index is 12.9. The molecule has 8 heteroatoms. The molecular weight excluding hydrogens is 580 g/mol. The summed E-state index contributed by atoms with van der Waals surface area (Å²) in [4.78, 5) is 29.4. The fourth-order valence-electron chi connectivity index (χ4n) is 13.8. The van der Waals surface area contributed by atoms with E-state index in [1.807, 2.05) is 4.90 Å². The minimum absolute atomic E-state index is 0.00485. The largest absolute Gasteiger partial charge is 0.446 e. The Hall–Kier alpha value is -1.54. The van der Waals surface area contributed by atoms with E-state index in [4.69, 9.17) is 14.2 Å². The Balaban J connectivity index is 1.04. The van der Waals surface area contributed by atoms with Gasteiger partial charge in [0.2, 0.25) is 0 Å². The van der Waals surface area contributed by atoms with Crippen LogP contribution in [0.15, 0.2) is 0 Å². The summed E-state index contributed by atoms with van der Waals surface area (Å²) in [5, 5.41) is 12.6. The Bertz CT molecular complexity index is 1260. The molecule has 3 aliphatic heterocycles. The standard InChI is InChI=1S/C38H60N2O6/c1-22(2)29(46-33(43)40-18-9-19-40)24-20-23(3)28-30(44-24)31(41)36(7)26-11-10-25-34(4,5)27(45-32(42)39-16-8-17-39)12-13-37(25)21-38(26,37)15-14-35(28,36)6/h22-31,41H,8-21H2,1-7H3/t23-,24?,25+,26?,27?,28+,29?,30?,31+,35?,36-,37?,38?/m1/s1. The molecule has 0 aromatic carbocycles. The molecule has 0 aromatic heterocycles. The minimum Gasteiger partial charge on any atom is -0.446 e. The van der Waals surface area contributed by atoms with Gasteiger partial charge in [0.15, 0.2) is 0 Å². The second kappa shape index (κ2) is 10.2. The van der Waals surface area contributed by atoms with E-state index in [-0.39, 0.29) is 64.2 Å². The van der Waals surface area contributed by atoms with Crippen LogP contribution in [0, 0.1) is 56.7 Å². The van der Waals surface area contributed by atoms with Crippen molar-refractivity contribution in [1.82, 2.24) is 9.80 Å². The van der Waals surface area contributed by atoms with Gasteiger partial charge in [-0.2, -0.15) is 0 Å². The molecule has 2 spiro atoms. The van der Waals surface area contributed by atoms with Gasteiger partial charge in [-0.05, 0) is 110 Å². The summed E-state index contributed by atoms with van der Waals surface area (Å²) < 4.78 is 19.4. The number of aliphatic hydroxyl groups excluding tert-OH is 1. The predicted octanol–water partition coefficient (Wildman–Crippen LogP) is 6.88. The molecule has 8 rings (SSSR count). The van der Waals surface area contributed by atoms with Crippen LogP contribution in [0.5, 0.6) is 0 Å². The van der Waals surface area contributed by atoms with E-state index >= 15 is 0 Å². The number of carbonyl (C=O) groups is 2. The first kappa shape index (κ1) is 31.7. The van der Waals surface area contributed by atoms with Gasteiger partial charge >= 0.3 is 12.2 Å². The number of nitrogens with zero attached hydrogens (tertiary/aromatic N) is 2. The van der Waals surface area contributed by atoms with Crippen molar-refractivity contribution >= 4 is 12.2 Å². The normalized spacial score (nSPS) is 50.5. The van der Waals surface area contributed by atoms with Gasteiger partial charge in [0.1, 0.15) is 12.2 Å². The van der Waals surface area contributed by atoms with Crippen LogP contribution in [-0.2, 0) is 14.2 Å². The highest BCUT2D eigenvalue weighted by Gasteiger charge is 2.84. The maximum Gasteiger partial charge on any atom is 0.410 e. The molecule has 46 heavy (non-hydrogen) atoms. The zero-order chi connectivity index (χ0) is 32.6. The minimum atomic E-state index is -0.537. The lowest BCUT2D eigenvalue weighted by molar-refractivity contribution is -0.186. The average molecular weight is 641 g/mol. The van der Waals surface area contributed by atoms with Crippen LogP contribution >= 0.6 is 0 Å². The van der Waals surface area contributed by atoms with Crippen LogP contribution < -0.4 is 0 Å². The number of fused-ring (bicyclic) bond motifs is 4. The van der Waals surface area contributed by atoms with Crippen LogP contribution in [-0.4, -0.2) is 83.8 Å². The third-order valence-electron chi connectivity index (χ3n) is 16.5. The van der Waals surface area contributed by atoms with E-state index in [2.05, 4.69) is 48.5 Å². The summed E-state index contributed by atoms with van der Waals surface area (Å²) in [6.45, 7) is 19.5. The molecule has 0 aromatic rings. The molecule has 258 valence electrons. The molecule has 5 saturated carbocycles. The quantitative estimate of drug-likeness (QED) is 0.361. The van der Waals surface area contributed by atoms with Crippen molar-refractivity contribution in [3.05, 3.63) is 0 Å². The molecule has 8 aliphatic rings. The molecule has 3 heterocycles. The molecule has 2 amide bonds. The van der Waals surface area contributed by atoms with Crippen LogP contribution in [0.25, 0.3) is 0 Å². The van der Waals surface area contributed by atoms with Crippen LogP contribution in [0.2, 0.25) is 0 Å². The van der Waals surface area contributed by atoms with Crippen molar-refractivity contribution in [3.8, 4) is 0 Å². The molecule has 8 unspecified atom stereocenters. The number of carbonyl (C=O) groups excluding carboxylic acids is 2. The van der Waals surface area contributed by atoms with Gasteiger partial charge in [-0.1, -0.05) is 48.5 Å². The van der Waals surface area contributed by atoms with E-state index in [1.165, 1.54) is 12.8 Å². The maximum absolute atomic E-state index is 12.9. The topological polar surface area (TPSA) is 88.5 Å². The van der Waals surface area contributed by atoms with E-state index in [1.54, 1.807) is 4.90 Å². The molecular formula is C38H60N2O6. The predicted molar refractivity (Wildman–Crippen MR) is 174 cm³/mol. The lowest BCUT2D eigenvalue weighted by Crippen LogP contribution is -2.60. The number of amides is 2. The fraction of sp³-hybridized carbons (Fsp3) is 0.947. The zero-order valence-corrected chi connectivity index (χ0v) is 29.6. The zero-order valence-electron chi connectivity index (χ0n) is 29.6. The molecule has 3 saturated heterocycles. The summed E-state index contributed by atoms with van der Waals surface area (Å²) in [7, 11) is 0. The second-order valence-electron chi connectivity index (χ2n) is 18.7. The Morgan fingerprint density at radius 2 is 1.50 bits per heavy atom. The summed E-state index contributed by atoms with van der Waals surface area (Å²) >= 11 is 0. The Labute approximate surface area is 276 Å². The third kappa shape index (κ3) is 3.92. The van der Waals surface area contributed by atoms with Crippen LogP contribution in [0.3, 0.4) is 0 Å². The van der Waals surface area contributed by atoms with Crippen LogP contribution in [0.1, 0.15) is 113 Å². The van der Waals surface area contributed by atoms with Crippen molar-refractivity contribution in [2.45, 2.75) is 143 Å². The lowest BCUT2D eigenvalue weighted by atomic mass is 9.41. The fourth-order valence-corrected chi connectivity index (χ4v) is 13.8. The van der Waals surface area contributed by atoms with Crippen molar-refractivity contribution in [1.29, 1.82) is 0 Å². The second-order valence-corrected chi connectivity index (χ2v) is 18.7. The summed E-state index contributed by atoms with van der Waals surface area (Å²) in [5.41, 5.74) is 0.263. The summed E-state index contributed by atoms with van der Waals surface area (Å²) in [6, 6.07) is 0. The van der Waals surface area contributed by atoms with Crippen molar-refractivity contribution in [2.75, 3.05) is 26.2 Å². The van der Waals surface area contributed by atoms with Gasteiger partial charge in [0, 0.05) is 37.0 Å². The van der Waals surface area contributed by atoms with Gasteiger partial charge in [-0.15, -0.1) is 0 Å². The first-order valence-electron chi connectivity index (χ1n) is 19.0. The smallest absolute Gasteiger partial charge is 0.410 e. The first-order valence-corrected chi connectivity index (χ1v) is 19.0. The van der Waals surface area contributed by atoms with Gasteiger partial charge < -0.3 is 29.1 Å². The lowest BCUT2D eigenvalue weighted by Gasteiger charge is -2.63. The van der Waals surface area contributed by atoms with Crippen molar-refractivity contribution in [3.63, 3.8) is 0 Å². The highest BCUT2D eigenvalue weighted by molar-refractivity contribution is 5.69. The first-order chi connectivity index (χ1) is 21.7. The number of ether oxygens (including phenoxy) is 3. The monoisotopic (exact) mass is 640 g/mol. The Morgan fingerprint density at radius 1 is 0.870 bits per heavy atom. The number of likely N-dealkylation sites (tertiary alicyclic amines) is 2. The van der Waals surface area contributed by atoms with Gasteiger partial charge in [0.05, 0.1) is 18.3 Å². The van der Waals surface area contributed by atoms with Crippen LogP contribution in [0.4, 0.5) is 9.59 Å². The number of hydrogen-bond donors (Lipinski definition) is 1. The molecule has 5 aliphatic carbocycles. The third-order valence-corrected chi connectivity index (χ3v) is 16.5. The molecule has 13 atom stereocenters. The highest BCUT2D eigenvalue weighted by Crippen LogP contribution is 2.89. The van der Waals surface area contributed by atoms with Crippen molar-refractivity contribution in [2.24, 2.45) is 56.7 Å². The highest BCUT2D eigenvalue weighted by atomic mass is 16.6. The molecule has 8 fully saturated rings. The van der Waals surface area contributed by atoms with Gasteiger partial charge in [-0.25, -0.2) is 9.59 Å². The van der Waals surface area contributed by atoms with E-state index in [0.29, 0.717) is 29.1 Å². The summed E-state index contributed by atoms with van der Waals surface area (Å²) in [6.07, 6.45) is 9.36. The molecule has 1 N–H and O–H groups in total. The van der Waals surface area contributed by atoms with Crippen molar-refractivity contribution < 1.29 is 28.9 Å². The number of aliphatic hydroxyl groups is 1. The number of rotatable bonds is 4.